The van der Waals surface area contributed by atoms with E-state index in [0.29, 0.717) is 0 Å². The van der Waals surface area contributed by atoms with Crippen molar-refractivity contribution < 1.29 is 23.7 Å². The van der Waals surface area contributed by atoms with Gasteiger partial charge in [0.15, 0.2) is 11.6 Å². The van der Waals surface area contributed by atoms with Crippen LogP contribution in [0.25, 0.3) is 0 Å². The monoisotopic (exact) mass is 270 g/mol. The molecule has 2 aliphatic heterocycles. The van der Waals surface area contributed by atoms with E-state index >= 15 is 0 Å². The van der Waals surface area contributed by atoms with Crippen LogP contribution < -0.4 is 0 Å². The smallest absolute Gasteiger partial charge is 0.164 e. The van der Waals surface area contributed by atoms with E-state index in [2.05, 4.69) is 0 Å². The van der Waals surface area contributed by atoms with Crippen LogP contribution in [0.3, 0.4) is 0 Å². The lowest BCUT2D eigenvalue weighted by atomic mass is 10.0. The van der Waals surface area contributed by atoms with Gasteiger partial charge in [-0.1, -0.05) is 0 Å². The maximum Gasteiger partial charge on any atom is 0.164 e. The van der Waals surface area contributed by atoms with E-state index in [1.807, 2.05) is 34.6 Å². The minimum absolute atomic E-state index is 0.0929. The van der Waals surface area contributed by atoms with Gasteiger partial charge in [-0.25, -0.2) is 0 Å². The van der Waals surface area contributed by atoms with Crippen LogP contribution in [0.2, 0.25) is 0 Å². The van der Waals surface area contributed by atoms with Crippen molar-refractivity contribution in [1.29, 1.82) is 0 Å². The van der Waals surface area contributed by atoms with E-state index < -0.39 is 11.6 Å². The van der Waals surface area contributed by atoms with Crippen LogP contribution >= 0.6 is 0 Å². The molecule has 0 aromatic heterocycles. The van der Waals surface area contributed by atoms with Gasteiger partial charge in [-0.05, 0) is 46.8 Å². The molecule has 5 heteroatoms. The summed E-state index contributed by atoms with van der Waals surface area (Å²) in [4.78, 5) is 10.5. The molecule has 5 nitrogen and oxygen atoms in total. The molecule has 0 aromatic rings. The molecule has 0 aromatic carbocycles. The van der Waals surface area contributed by atoms with Crippen LogP contribution in [0.15, 0.2) is 12.2 Å². The molecule has 2 fully saturated rings. The molecule has 0 unspecified atom stereocenters. The van der Waals surface area contributed by atoms with Crippen molar-refractivity contribution in [3.8, 4) is 0 Å². The third-order valence-corrected chi connectivity index (χ3v) is 3.22. The van der Waals surface area contributed by atoms with Crippen LogP contribution in [0, 0.1) is 0 Å². The van der Waals surface area contributed by atoms with Gasteiger partial charge in [0.05, 0.1) is 6.10 Å². The summed E-state index contributed by atoms with van der Waals surface area (Å²) in [6, 6.07) is 0. The number of carbonyl (C=O) groups excluding carboxylic acids is 1. The van der Waals surface area contributed by atoms with Gasteiger partial charge in [0.2, 0.25) is 0 Å². The molecule has 108 valence electrons. The number of rotatable bonds is 3. The molecule has 0 N–H and O–H groups in total. The summed E-state index contributed by atoms with van der Waals surface area (Å²) in [6.07, 6.45) is 2.93. The molecule has 0 amide bonds. The van der Waals surface area contributed by atoms with Gasteiger partial charge < -0.3 is 18.9 Å². The SMILES string of the molecule is C[C@@H]1OC(C)(C)O[C@H]1[C@H]1OC(C)(C)O[C@@H]1/C=C/C=O. The largest absolute Gasteiger partial charge is 0.345 e. The fourth-order valence-corrected chi connectivity index (χ4v) is 2.68. The Balaban J connectivity index is 2.17. The molecular weight excluding hydrogens is 248 g/mol. The highest BCUT2D eigenvalue weighted by Gasteiger charge is 2.51. The number of hydrogen-bond donors (Lipinski definition) is 0. The summed E-state index contributed by atoms with van der Waals surface area (Å²) in [6.45, 7) is 9.40. The summed E-state index contributed by atoms with van der Waals surface area (Å²) in [5.41, 5.74) is 0. The Morgan fingerprint density at radius 2 is 1.47 bits per heavy atom. The highest BCUT2D eigenvalue weighted by atomic mass is 16.8. The van der Waals surface area contributed by atoms with Crippen molar-refractivity contribution in [2.75, 3.05) is 0 Å². The molecule has 19 heavy (non-hydrogen) atoms. The van der Waals surface area contributed by atoms with Gasteiger partial charge in [-0.3, -0.25) is 4.79 Å². The van der Waals surface area contributed by atoms with Crippen LogP contribution in [0.1, 0.15) is 34.6 Å². The first kappa shape index (κ1) is 14.7. The standard InChI is InChI=1S/C14H22O5/c1-9-11(18-13(2,3)16-9)12-10(7-6-8-15)17-14(4,5)19-12/h6-12H,1-5H3/b7-6+/t9-,10+,11+,12-/m0/s1. The molecule has 0 spiro atoms. The summed E-state index contributed by atoms with van der Waals surface area (Å²) in [5, 5.41) is 0. The molecule has 0 saturated carbocycles. The second-order valence-corrected chi connectivity index (χ2v) is 5.89. The molecule has 2 rings (SSSR count). The predicted molar refractivity (Wildman–Crippen MR) is 68.5 cm³/mol. The van der Waals surface area contributed by atoms with Gasteiger partial charge in [0, 0.05) is 0 Å². The summed E-state index contributed by atoms with van der Waals surface area (Å²) >= 11 is 0. The minimum Gasteiger partial charge on any atom is -0.345 e. The van der Waals surface area contributed by atoms with Crippen LogP contribution in [-0.4, -0.2) is 42.3 Å². The number of ether oxygens (including phenoxy) is 4. The zero-order chi connectivity index (χ0) is 14.3. The lowest BCUT2D eigenvalue weighted by Crippen LogP contribution is -2.40. The number of aldehydes is 1. The second kappa shape index (κ2) is 4.98. The Hall–Kier alpha value is -0.750. The lowest BCUT2D eigenvalue weighted by Gasteiger charge is -2.24. The molecule has 2 saturated heterocycles. The number of allylic oxidation sites excluding steroid dienone is 1. The first-order chi connectivity index (χ1) is 8.74. The first-order valence-corrected chi connectivity index (χ1v) is 6.57. The third kappa shape index (κ3) is 3.23. The number of carbonyl (C=O) groups is 1. The van der Waals surface area contributed by atoms with Crippen LogP contribution in [-0.2, 0) is 23.7 Å². The molecule has 2 heterocycles. The minimum atomic E-state index is -0.696. The fourth-order valence-electron chi connectivity index (χ4n) is 2.68. The molecule has 0 radical (unpaired) electrons. The van der Waals surface area contributed by atoms with E-state index in [4.69, 9.17) is 18.9 Å². The van der Waals surface area contributed by atoms with E-state index in [-0.39, 0.29) is 24.4 Å². The summed E-state index contributed by atoms with van der Waals surface area (Å²) < 4.78 is 23.3. The predicted octanol–water partition coefficient (Wildman–Crippen LogP) is 1.80. The Bertz CT molecular complexity index is 374. The highest BCUT2D eigenvalue weighted by molar-refractivity contribution is 5.64. The highest BCUT2D eigenvalue weighted by Crippen LogP contribution is 2.38. The maximum absolute atomic E-state index is 10.5. The van der Waals surface area contributed by atoms with Gasteiger partial charge in [-0.15, -0.1) is 0 Å². The van der Waals surface area contributed by atoms with Crippen molar-refractivity contribution >= 4 is 6.29 Å². The maximum atomic E-state index is 10.5. The van der Waals surface area contributed by atoms with E-state index in [0.717, 1.165) is 6.29 Å². The van der Waals surface area contributed by atoms with Gasteiger partial charge >= 0.3 is 0 Å². The zero-order valence-corrected chi connectivity index (χ0v) is 12.1. The Labute approximate surface area is 113 Å². The van der Waals surface area contributed by atoms with Crippen molar-refractivity contribution in [2.24, 2.45) is 0 Å². The Kier molecular flexibility index (Phi) is 3.84. The van der Waals surface area contributed by atoms with E-state index in [1.54, 1.807) is 6.08 Å². The molecule has 4 atom stereocenters. The molecule has 2 aliphatic rings. The topological polar surface area (TPSA) is 54.0 Å². The van der Waals surface area contributed by atoms with Crippen LogP contribution in [0.5, 0.6) is 0 Å². The van der Waals surface area contributed by atoms with Gasteiger partial charge in [0.25, 0.3) is 0 Å². The second-order valence-electron chi connectivity index (χ2n) is 5.89. The Morgan fingerprint density at radius 1 is 0.895 bits per heavy atom. The van der Waals surface area contributed by atoms with Crippen molar-refractivity contribution in [3.63, 3.8) is 0 Å². The third-order valence-electron chi connectivity index (χ3n) is 3.22. The van der Waals surface area contributed by atoms with Crippen molar-refractivity contribution in [1.82, 2.24) is 0 Å². The van der Waals surface area contributed by atoms with Gasteiger partial charge in [0.1, 0.15) is 24.6 Å². The summed E-state index contributed by atoms with van der Waals surface area (Å²) in [5.74, 6) is -1.32. The lowest BCUT2D eigenvalue weighted by molar-refractivity contribution is -0.174. The average Bonchev–Trinajstić information content (AvgIpc) is 2.71. The molecule has 0 aliphatic carbocycles. The van der Waals surface area contributed by atoms with E-state index in [1.165, 1.54) is 6.08 Å². The molecule has 0 bridgehead atoms. The Morgan fingerprint density at radius 3 is 2.00 bits per heavy atom. The average molecular weight is 270 g/mol. The van der Waals surface area contributed by atoms with Crippen molar-refractivity contribution in [2.45, 2.75) is 70.6 Å². The zero-order valence-electron chi connectivity index (χ0n) is 12.1. The summed E-state index contributed by atoms with van der Waals surface area (Å²) in [7, 11) is 0. The van der Waals surface area contributed by atoms with E-state index in [9.17, 15) is 4.79 Å². The number of hydrogen-bond acceptors (Lipinski definition) is 5. The van der Waals surface area contributed by atoms with Crippen molar-refractivity contribution in [3.05, 3.63) is 12.2 Å². The quantitative estimate of drug-likeness (QED) is 0.578. The normalized spacial score (nSPS) is 40.9. The fraction of sp³-hybridized carbons (Fsp3) is 0.786. The first-order valence-electron chi connectivity index (χ1n) is 6.57. The van der Waals surface area contributed by atoms with Crippen LogP contribution in [0.4, 0.5) is 0 Å². The van der Waals surface area contributed by atoms with Gasteiger partial charge in [-0.2, -0.15) is 0 Å². The molecular formula is C14H22O5.